The molecule has 0 fully saturated rings. The van der Waals surface area contributed by atoms with Gasteiger partial charge >= 0.3 is 13.6 Å². The third-order valence-corrected chi connectivity index (χ3v) is 5.42. The molecule has 0 amide bonds. The number of benzene rings is 3. The molecule has 0 radical (unpaired) electrons. The van der Waals surface area contributed by atoms with Crippen LogP contribution in [0.5, 0.6) is 0 Å². The summed E-state index contributed by atoms with van der Waals surface area (Å²) in [6, 6.07) is 21.8. The van der Waals surface area contributed by atoms with E-state index in [9.17, 15) is 19.4 Å². The predicted octanol–water partition coefficient (Wildman–Crippen LogP) is 4.41. The number of carboxylic acid groups (broad SMARTS) is 1. The fraction of sp³-hybridized carbons (Fsp3) is 0.150. The molecule has 0 bridgehead atoms. The second-order valence-corrected chi connectivity index (χ2v) is 7.96. The Kier molecular flexibility index (Phi) is 5.52. The number of rotatable bonds is 7. The first-order chi connectivity index (χ1) is 12.4. The summed E-state index contributed by atoms with van der Waals surface area (Å²) in [7, 11) is -4.07. The minimum Gasteiger partial charge on any atom is -0.479 e. The molecule has 0 aliphatic heterocycles. The number of fused-ring (bicyclic) bond motifs is 1. The van der Waals surface area contributed by atoms with E-state index in [0.29, 0.717) is 12.0 Å². The van der Waals surface area contributed by atoms with Gasteiger partial charge in [0.25, 0.3) is 0 Å². The maximum atomic E-state index is 12.4. The van der Waals surface area contributed by atoms with Crippen molar-refractivity contribution in [1.82, 2.24) is 0 Å². The Morgan fingerprint density at radius 1 is 0.962 bits per heavy atom. The van der Waals surface area contributed by atoms with E-state index in [1.54, 1.807) is 30.3 Å². The Labute approximate surface area is 151 Å². The second-order valence-electron chi connectivity index (χ2n) is 6.03. The van der Waals surface area contributed by atoms with Crippen LogP contribution in [0.25, 0.3) is 10.8 Å². The summed E-state index contributed by atoms with van der Waals surface area (Å²) >= 11 is 0. The van der Waals surface area contributed by atoms with Crippen molar-refractivity contribution in [3.8, 4) is 0 Å². The van der Waals surface area contributed by atoms with E-state index in [1.807, 2.05) is 42.5 Å². The fourth-order valence-electron chi connectivity index (χ4n) is 2.76. The Hall–Kier alpha value is -2.46. The average Bonchev–Trinajstić information content (AvgIpc) is 2.65. The van der Waals surface area contributed by atoms with Gasteiger partial charge in [-0.15, -0.1) is 0 Å². The zero-order chi connectivity index (χ0) is 18.6. The lowest BCUT2D eigenvalue weighted by molar-refractivity contribution is -0.145. The number of hydrogen-bond acceptors (Lipinski definition) is 3. The van der Waals surface area contributed by atoms with Crippen molar-refractivity contribution < 1.29 is 23.9 Å². The Morgan fingerprint density at radius 3 is 2.31 bits per heavy atom. The quantitative estimate of drug-likeness (QED) is 0.602. The number of aryl methyl sites for hydroxylation is 1. The molecule has 6 heteroatoms. The van der Waals surface area contributed by atoms with Gasteiger partial charge in [0.2, 0.25) is 0 Å². The van der Waals surface area contributed by atoms with Crippen LogP contribution in [0.4, 0.5) is 0 Å². The normalized spacial score (nSPS) is 14.7. The van der Waals surface area contributed by atoms with E-state index < -0.39 is 19.7 Å². The third-order valence-electron chi connectivity index (χ3n) is 4.09. The second kappa shape index (κ2) is 7.83. The van der Waals surface area contributed by atoms with E-state index >= 15 is 0 Å². The highest BCUT2D eigenvalue weighted by atomic mass is 31.2. The molecule has 3 aromatic rings. The molecule has 3 aromatic carbocycles. The van der Waals surface area contributed by atoms with Gasteiger partial charge in [-0.3, -0.25) is 9.09 Å². The van der Waals surface area contributed by atoms with Crippen molar-refractivity contribution in [2.75, 3.05) is 6.16 Å². The van der Waals surface area contributed by atoms with Gasteiger partial charge in [0.15, 0.2) is 6.10 Å². The van der Waals surface area contributed by atoms with E-state index in [4.69, 9.17) is 4.52 Å². The predicted molar refractivity (Wildman–Crippen MR) is 100 cm³/mol. The average molecular weight is 370 g/mol. The standard InChI is InChI=1S/C20H19O5P/c21-20(22)19(17-7-2-1-3-8-17)25-26(23,24)13-12-15-10-11-16-6-4-5-9-18(16)14-15/h1-11,14,19H,12-13H2,(H,21,22)(H,23,24). The van der Waals surface area contributed by atoms with Gasteiger partial charge in [-0.2, -0.15) is 0 Å². The van der Waals surface area contributed by atoms with Gasteiger partial charge in [-0.05, 0) is 28.3 Å². The largest absolute Gasteiger partial charge is 0.479 e. The van der Waals surface area contributed by atoms with Crippen LogP contribution >= 0.6 is 7.60 Å². The lowest BCUT2D eigenvalue weighted by Gasteiger charge is -2.18. The Balaban J connectivity index is 1.71. The van der Waals surface area contributed by atoms with Gasteiger partial charge in [0, 0.05) is 0 Å². The highest BCUT2D eigenvalue weighted by Gasteiger charge is 2.30. The number of aliphatic carboxylic acids is 1. The highest BCUT2D eigenvalue weighted by Crippen LogP contribution is 2.47. The molecular formula is C20H19O5P. The van der Waals surface area contributed by atoms with Crippen LogP contribution in [0.15, 0.2) is 72.8 Å². The minimum atomic E-state index is -4.07. The Morgan fingerprint density at radius 2 is 1.62 bits per heavy atom. The zero-order valence-corrected chi connectivity index (χ0v) is 14.9. The van der Waals surface area contributed by atoms with Crippen LogP contribution in [0, 0.1) is 0 Å². The SMILES string of the molecule is O=C(O)C(OP(=O)(O)CCc1ccc2ccccc2c1)c1ccccc1. The van der Waals surface area contributed by atoms with Crippen molar-refractivity contribution in [3.63, 3.8) is 0 Å². The highest BCUT2D eigenvalue weighted by molar-refractivity contribution is 7.52. The van der Waals surface area contributed by atoms with Crippen LogP contribution in [0.2, 0.25) is 0 Å². The summed E-state index contributed by atoms with van der Waals surface area (Å²) in [6.07, 6.45) is -1.30. The van der Waals surface area contributed by atoms with Crippen molar-refractivity contribution in [3.05, 3.63) is 83.9 Å². The summed E-state index contributed by atoms with van der Waals surface area (Å²) < 4.78 is 17.5. The van der Waals surface area contributed by atoms with Crippen molar-refractivity contribution in [2.45, 2.75) is 12.5 Å². The topological polar surface area (TPSA) is 83.8 Å². The molecule has 5 nitrogen and oxygen atoms in total. The summed E-state index contributed by atoms with van der Waals surface area (Å²) in [5.41, 5.74) is 1.23. The summed E-state index contributed by atoms with van der Waals surface area (Å²) in [4.78, 5) is 21.6. The molecule has 26 heavy (non-hydrogen) atoms. The summed E-state index contributed by atoms with van der Waals surface area (Å²) in [5.74, 6) is -1.30. The van der Waals surface area contributed by atoms with Crippen LogP contribution in [0.1, 0.15) is 17.2 Å². The zero-order valence-electron chi connectivity index (χ0n) is 14.0. The number of hydrogen-bond donors (Lipinski definition) is 2. The first-order valence-electron chi connectivity index (χ1n) is 8.20. The molecule has 134 valence electrons. The molecule has 2 atom stereocenters. The fourth-order valence-corrected chi connectivity index (χ4v) is 3.95. The minimum absolute atomic E-state index is 0.151. The van der Waals surface area contributed by atoms with Crippen LogP contribution in [0.3, 0.4) is 0 Å². The van der Waals surface area contributed by atoms with E-state index in [2.05, 4.69) is 0 Å². The third kappa shape index (κ3) is 4.58. The Bertz CT molecular complexity index is 955. The van der Waals surface area contributed by atoms with E-state index in [0.717, 1.165) is 16.3 Å². The van der Waals surface area contributed by atoms with Gasteiger partial charge in [-0.1, -0.05) is 72.8 Å². The van der Waals surface area contributed by atoms with Gasteiger partial charge in [0.05, 0.1) is 6.16 Å². The lowest BCUT2D eigenvalue weighted by Crippen LogP contribution is -2.15. The van der Waals surface area contributed by atoms with Gasteiger partial charge < -0.3 is 10.00 Å². The smallest absolute Gasteiger partial charge is 0.338 e. The molecule has 0 saturated heterocycles. The van der Waals surface area contributed by atoms with Crippen LogP contribution in [-0.4, -0.2) is 22.1 Å². The van der Waals surface area contributed by atoms with Crippen molar-refractivity contribution >= 4 is 24.3 Å². The summed E-state index contributed by atoms with van der Waals surface area (Å²) in [6.45, 7) is 0. The molecule has 0 aliphatic carbocycles. The maximum absolute atomic E-state index is 12.4. The van der Waals surface area contributed by atoms with Crippen LogP contribution in [-0.2, 0) is 20.3 Å². The molecular weight excluding hydrogens is 351 g/mol. The van der Waals surface area contributed by atoms with Crippen LogP contribution < -0.4 is 0 Å². The molecule has 0 saturated carbocycles. The molecule has 0 aromatic heterocycles. The maximum Gasteiger partial charge on any atom is 0.338 e. The molecule has 3 rings (SSSR count). The molecule has 0 aliphatic rings. The molecule has 2 N–H and O–H groups in total. The first-order valence-corrected chi connectivity index (χ1v) is 9.96. The van der Waals surface area contributed by atoms with E-state index in [-0.39, 0.29) is 6.16 Å². The van der Waals surface area contributed by atoms with Crippen molar-refractivity contribution in [2.24, 2.45) is 0 Å². The monoisotopic (exact) mass is 370 g/mol. The summed E-state index contributed by atoms with van der Waals surface area (Å²) in [5, 5.41) is 11.5. The lowest BCUT2D eigenvalue weighted by atomic mass is 10.1. The van der Waals surface area contributed by atoms with Gasteiger partial charge in [-0.25, -0.2) is 4.79 Å². The van der Waals surface area contributed by atoms with E-state index in [1.165, 1.54) is 0 Å². The molecule has 0 heterocycles. The van der Waals surface area contributed by atoms with Gasteiger partial charge in [0.1, 0.15) is 0 Å². The first kappa shape index (κ1) is 18.3. The number of carbonyl (C=O) groups is 1. The van der Waals surface area contributed by atoms with Crippen molar-refractivity contribution in [1.29, 1.82) is 0 Å². The molecule has 2 unspecified atom stereocenters. The number of carboxylic acids is 1. The molecule has 0 spiro atoms.